The normalized spacial score (nSPS) is 10.6. The van der Waals surface area contributed by atoms with Gasteiger partial charge in [-0.05, 0) is 37.8 Å². The van der Waals surface area contributed by atoms with Gasteiger partial charge in [-0.3, -0.25) is 4.79 Å². The first-order chi connectivity index (χ1) is 10.2. The SMILES string of the molecule is CSc1ccccc1NC(=O)Cn1cc(CCCN)nn1. The monoisotopic (exact) mass is 305 g/mol. The van der Waals surface area contributed by atoms with Gasteiger partial charge in [0.15, 0.2) is 0 Å². The molecule has 1 amide bonds. The van der Waals surface area contributed by atoms with Crippen molar-refractivity contribution in [1.82, 2.24) is 15.0 Å². The molecule has 0 aliphatic heterocycles. The van der Waals surface area contributed by atoms with Crippen molar-refractivity contribution in [3.8, 4) is 0 Å². The molecule has 0 saturated carbocycles. The minimum Gasteiger partial charge on any atom is -0.330 e. The van der Waals surface area contributed by atoms with E-state index >= 15 is 0 Å². The molecular formula is C14H19N5OS. The molecule has 0 unspecified atom stereocenters. The van der Waals surface area contributed by atoms with Crippen LogP contribution in [0.2, 0.25) is 0 Å². The van der Waals surface area contributed by atoms with E-state index < -0.39 is 0 Å². The Morgan fingerprint density at radius 3 is 3.00 bits per heavy atom. The molecule has 1 aromatic heterocycles. The van der Waals surface area contributed by atoms with E-state index in [9.17, 15) is 4.79 Å². The van der Waals surface area contributed by atoms with Crippen molar-refractivity contribution in [2.24, 2.45) is 5.73 Å². The summed E-state index contributed by atoms with van der Waals surface area (Å²) >= 11 is 1.60. The van der Waals surface area contributed by atoms with Crippen molar-refractivity contribution in [3.63, 3.8) is 0 Å². The molecule has 1 heterocycles. The smallest absolute Gasteiger partial charge is 0.246 e. The third kappa shape index (κ3) is 4.57. The number of carbonyl (C=O) groups excluding carboxylic acids is 1. The molecule has 0 radical (unpaired) electrons. The van der Waals surface area contributed by atoms with E-state index in [-0.39, 0.29) is 12.5 Å². The maximum atomic E-state index is 12.0. The first-order valence-corrected chi connectivity index (χ1v) is 7.97. The molecule has 112 valence electrons. The average molecular weight is 305 g/mol. The average Bonchev–Trinajstić information content (AvgIpc) is 2.93. The van der Waals surface area contributed by atoms with Crippen molar-refractivity contribution < 1.29 is 4.79 Å². The highest BCUT2D eigenvalue weighted by molar-refractivity contribution is 7.98. The number of para-hydroxylation sites is 1. The molecule has 0 aliphatic carbocycles. The van der Waals surface area contributed by atoms with Crippen molar-refractivity contribution in [3.05, 3.63) is 36.2 Å². The number of hydrogen-bond acceptors (Lipinski definition) is 5. The van der Waals surface area contributed by atoms with Gasteiger partial charge in [0.25, 0.3) is 0 Å². The second kappa shape index (κ2) is 7.80. The lowest BCUT2D eigenvalue weighted by Gasteiger charge is -2.08. The van der Waals surface area contributed by atoms with Gasteiger partial charge in [0.2, 0.25) is 5.91 Å². The van der Waals surface area contributed by atoms with Gasteiger partial charge in [0, 0.05) is 11.1 Å². The van der Waals surface area contributed by atoms with Crippen LogP contribution in [-0.2, 0) is 17.8 Å². The van der Waals surface area contributed by atoms with Gasteiger partial charge in [0.05, 0.1) is 11.4 Å². The number of amides is 1. The molecule has 0 atom stereocenters. The summed E-state index contributed by atoms with van der Waals surface area (Å²) in [5.41, 5.74) is 7.13. The number of anilines is 1. The first-order valence-electron chi connectivity index (χ1n) is 6.75. The van der Waals surface area contributed by atoms with E-state index in [1.165, 1.54) is 0 Å². The predicted octanol–water partition coefficient (Wildman–Crippen LogP) is 1.53. The fourth-order valence-electron chi connectivity index (χ4n) is 1.90. The molecule has 0 bridgehead atoms. The molecule has 6 nitrogen and oxygen atoms in total. The maximum absolute atomic E-state index is 12.0. The molecular weight excluding hydrogens is 286 g/mol. The molecule has 0 aliphatic rings. The number of hydrogen-bond donors (Lipinski definition) is 2. The number of aromatic nitrogens is 3. The largest absolute Gasteiger partial charge is 0.330 e. The van der Waals surface area contributed by atoms with Crippen LogP contribution in [0.25, 0.3) is 0 Å². The first kappa shape index (κ1) is 15.5. The molecule has 1 aromatic carbocycles. The fourth-order valence-corrected chi connectivity index (χ4v) is 2.45. The second-order valence-corrected chi connectivity index (χ2v) is 5.40. The number of benzene rings is 1. The molecule has 2 rings (SSSR count). The fraction of sp³-hybridized carbons (Fsp3) is 0.357. The second-order valence-electron chi connectivity index (χ2n) is 4.55. The van der Waals surface area contributed by atoms with Gasteiger partial charge < -0.3 is 11.1 Å². The van der Waals surface area contributed by atoms with Crippen LogP contribution in [0.5, 0.6) is 0 Å². The summed E-state index contributed by atoms with van der Waals surface area (Å²) in [5, 5.41) is 10.9. The summed E-state index contributed by atoms with van der Waals surface area (Å²) in [4.78, 5) is 13.1. The van der Waals surface area contributed by atoms with Gasteiger partial charge >= 0.3 is 0 Å². The van der Waals surface area contributed by atoms with E-state index in [4.69, 9.17) is 5.73 Å². The Morgan fingerprint density at radius 2 is 2.24 bits per heavy atom. The van der Waals surface area contributed by atoms with Crippen LogP contribution >= 0.6 is 11.8 Å². The lowest BCUT2D eigenvalue weighted by Crippen LogP contribution is -2.19. The van der Waals surface area contributed by atoms with Crippen LogP contribution in [-0.4, -0.2) is 33.7 Å². The van der Waals surface area contributed by atoms with Gasteiger partial charge in [0.1, 0.15) is 6.54 Å². The number of nitrogens with zero attached hydrogens (tertiary/aromatic N) is 3. The van der Waals surface area contributed by atoms with Gasteiger partial charge in [-0.2, -0.15) is 0 Å². The summed E-state index contributed by atoms with van der Waals surface area (Å²) in [7, 11) is 0. The van der Waals surface area contributed by atoms with Crippen LogP contribution in [0, 0.1) is 0 Å². The molecule has 3 N–H and O–H groups in total. The number of rotatable bonds is 7. The van der Waals surface area contributed by atoms with E-state index in [1.807, 2.05) is 30.5 Å². The Balaban J connectivity index is 1.93. The zero-order chi connectivity index (χ0) is 15.1. The Morgan fingerprint density at radius 1 is 1.43 bits per heavy atom. The zero-order valence-electron chi connectivity index (χ0n) is 12.0. The summed E-state index contributed by atoms with van der Waals surface area (Å²) in [5.74, 6) is -0.119. The van der Waals surface area contributed by atoms with Gasteiger partial charge in [-0.25, -0.2) is 4.68 Å². The molecule has 2 aromatic rings. The van der Waals surface area contributed by atoms with E-state index in [0.717, 1.165) is 29.1 Å². The number of aryl methyl sites for hydroxylation is 1. The van der Waals surface area contributed by atoms with Crippen LogP contribution < -0.4 is 11.1 Å². The molecule has 0 spiro atoms. The lowest BCUT2D eigenvalue weighted by atomic mass is 10.2. The molecule has 7 heteroatoms. The number of carbonyl (C=O) groups is 1. The van der Waals surface area contributed by atoms with Gasteiger partial charge in [-0.1, -0.05) is 17.3 Å². The van der Waals surface area contributed by atoms with Crippen LogP contribution in [0.15, 0.2) is 35.4 Å². The Bertz CT molecular complexity index is 599. The summed E-state index contributed by atoms with van der Waals surface area (Å²) in [6.45, 7) is 0.775. The summed E-state index contributed by atoms with van der Waals surface area (Å²) in [6, 6.07) is 7.71. The Labute approximate surface area is 128 Å². The molecule has 0 saturated heterocycles. The standard InChI is InChI=1S/C14H19N5OS/c1-21-13-7-3-2-6-12(13)16-14(20)10-19-9-11(17-18-19)5-4-8-15/h2-3,6-7,9H,4-5,8,10,15H2,1H3,(H,16,20). The van der Waals surface area contributed by atoms with Gasteiger partial charge in [-0.15, -0.1) is 16.9 Å². The third-order valence-corrected chi connectivity index (χ3v) is 3.71. The minimum atomic E-state index is -0.119. The topological polar surface area (TPSA) is 85.8 Å². The van der Waals surface area contributed by atoms with E-state index in [0.29, 0.717) is 6.54 Å². The van der Waals surface area contributed by atoms with Crippen molar-refractivity contribution >= 4 is 23.4 Å². The highest BCUT2D eigenvalue weighted by Gasteiger charge is 2.08. The number of thioether (sulfide) groups is 1. The summed E-state index contributed by atoms with van der Waals surface area (Å²) in [6.07, 6.45) is 5.42. The van der Waals surface area contributed by atoms with E-state index in [1.54, 1.807) is 22.6 Å². The number of nitrogens with two attached hydrogens (primary N) is 1. The van der Waals surface area contributed by atoms with Crippen molar-refractivity contribution in [1.29, 1.82) is 0 Å². The third-order valence-electron chi connectivity index (χ3n) is 2.91. The highest BCUT2D eigenvalue weighted by atomic mass is 32.2. The van der Waals surface area contributed by atoms with Crippen LogP contribution in [0.4, 0.5) is 5.69 Å². The lowest BCUT2D eigenvalue weighted by molar-refractivity contribution is -0.116. The Kier molecular flexibility index (Phi) is 5.77. The summed E-state index contributed by atoms with van der Waals surface area (Å²) < 4.78 is 1.54. The van der Waals surface area contributed by atoms with E-state index in [2.05, 4.69) is 15.6 Å². The quantitative estimate of drug-likeness (QED) is 0.758. The molecule has 0 fully saturated rings. The highest BCUT2D eigenvalue weighted by Crippen LogP contribution is 2.24. The maximum Gasteiger partial charge on any atom is 0.246 e. The predicted molar refractivity (Wildman–Crippen MR) is 84.3 cm³/mol. The number of nitrogens with one attached hydrogen (secondary N) is 1. The van der Waals surface area contributed by atoms with Crippen molar-refractivity contribution in [2.45, 2.75) is 24.3 Å². The molecule has 21 heavy (non-hydrogen) atoms. The van der Waals surface area contributed by atoms with Crippen LogP contribution in [0.1, 0.15) is 12.1 Å². The van der Waals surface area contributed by atoms with Crippen molar-refractivity contribution in [2.75, 3.05) is 18.1 Å². The zero-order valence-corrected chi connectivity index (χ0v) is 12.8. The minimum absolute atomic E-state index is 0.119. The van der Waals surface area contributed by atoms with Crippen LogP contribution in [0.3, 0.4) is 0 Å². The Hall–Kier alpha value is -1.86.